The molecule has 0 spiro atoms. The maximum Gasteiger partial charge on any atom is 0.335 e. The molecule has 5 nitrogen and oxygen atoms in total. The van der Waals surface area contributed by atoms with E-state index >= 15 is 0 Å². The van der Waals surface area contributed by atoms with Crippen molar-refractivity contribution in [1.29, 1.82) is 0 Å². The van der Waals surface area contributed by atoms with E-state index in [-0.39, 0.29) is 5.56 Å². The van der Waals surface area contributed by atoms with Gasteiger partial charge >= 0.3 is 5.97 Å². The van der Waals surface area contributed by atoms with Crippen molar-refractivity contribution in [1.82, 2.24) is 4.98 Å². The summed E-state index contributed by atoms with van der Waals surface area (Å²) in [6.45, 7) is 1.99. The van der Waals surface area contributed by atoms with Crippen molar-refractivity contribution in [2.75, 3.05) is 5.32 Å². The lowest BCUT2D eigenvalue weighted by molar-refractivity contribution is 0.0697. The molecule has 0 saturated carbocycles. The van der Waals surface area contributed by atoms with Crippen LogP contribution in [0, 0.1) is 6.92 Å². The number of halogens is 1. The van der Waals surface area contributed by atoms with Gasteiger partial charge in [0.1, 0.15) is 5.52 Å². The molecule has 1 heterocycles. The van der Waals surface area contributed by atoms with E-state index in [1.807, 2.05) is 25.1 Å². The van der Waals surface area contributed by atoms with Gasteiger partial charge in [0.2, 0.25) is 0 Å². The van der Waals surface area contributed by atoms with Gasteiger partial charge in [0, 0.05) is 10.2 Å². The molecule has 0 saturated heterocycles. The monoisotopic (exact) mass is 346 g/mol. The van der Waals surface area contributed by atoms with Crippen molar-refractivity contribution in [3.05, 3.63) is 52.0 Å². The van der Waals surface area contributed by atoms with E-state index in [1.54, 1.807) is 6.07 Å². The molecule has 0 radical (unpaired) electrons. The number of carbonyl (C=O) groups is 1. The number of aromatic carboxylic acids is 1. The Bertz CT molecular complexity index is 822. The molecular weight excluding hydrogens is 336 g/mol. The van der Waals surface area contributed by atoms with Crippen LogP contribution in [-0.4, -0.2) is 16.1 Å². The first-order valence-electron chi connectivity index (χ1n) is 6.19. The Hall–Kier alpha value is -2.34. The van der Waals surface area contributed by atoms with Crippen molar-refractivity contribution in [2.24, 2.45) is 0 Å². The lowest BCUT2D eigenvalue weighted by atomic mass is 10.2. The summed E-state index contributed by atoms with van der Waals surface area (Å²) in [4.78, 5) is 15.2. The minimum Gasteiger partial charge on any atom is -0.478 e. The normalized spacial score (nSPS) is 10.8. The Morgan fingerprint density at radius 2 is 2.10 bits per heavy atom. The van der Waals surface area contributed by atoms with Crippen molar-refractivity contribution in [2.45, 2.75) is 6.92 Å². The minimum absolute atomic E-state index is 0.170. The lowest BCUT2D eigenvalue weighted by Gasteiger charge is -2.03. The first kappa shape index (κ1) is 13.6. The molecule has 2 N–H and O–H groups in total. The number of aryl methyl sites for hydroxylation is 1. The van der Waals surface area contributed by atoms with Gasteiger partial charge in [0.05, 0.1) is 5.56 Å². The van der Waals surface area contributed by atoms with Gasteiger partial charge in [-0.25, -0.2) is 4.79 Å². The van der Waals surface area contributed by atoms with Crippen LogP contribution in [-0.2, 0) is 0 Å². The summed E-state index contributed by atoms with van der Waals surface area (Å²) in [6, 6.07) is 10.8. The van der Waals surface area contributed by atoms with Gasteiger partial charge in [0.25, 0.3) is 6.01 Å². The highest BCUT2D eigenvalue weighted by Crippen LogP contribution is 2.25. The van der Waals surface area contributed by atoms with Crippen molar-refractivity contribution >= 4 is 44.7 Å². The summed E-state index contributed by atoms with van der Waals surface area (Å²) in [5.41, 5.74) is 3.14. The van der Waals surface area contributed by atoms with Crippen molar-refractivity contribution in [3.63, 3.8) is 0 Å². The first-order valence-corrected chi connectivity index (χ1v) is 6.99. The SMILES string of the molecule is Cc1cc(Br)cc(Nc2nc3ccc(C(=O)O)cc3o2)c1. The van der Waals surface area contributed by atoms with Gasteiger partial charge in [0.15, 0.2) is 5.58 Å². The van der Waals surface area contributed by atoms with E-state index in [0.717, 1.165) is 15.7 Å². The molecule has 0 amide bonds. The maximum absolute atomic E-state index is 10.9. The average molecular weight is 347 g/mol. The number of rotatable bonds is 3. The fraction of sp³-hybridized carbons (Fsp3) is 0.0667. The third-order valence-corrected chi connectivity index (χ3v) is 3.39. The Labute approximate surface area is 128 Å². The van der Waals surface area contributed by atoms with Crippen LogP contribution in [0.1, 0.15) is 15.9 Å². The number of fused-ring (bicyclic) bond motifs is 1. The molecule has 106 valence electrons. The zero-order valence-electron chi connectivity index (χ0n) is 11.1. The van der Waals surface area contributed by atoms with Gasteiger partial charge in [-0.2, -0.15) is 4.98 Å². The molecule has 21 heavy (non-hydrogen) atoms. The van der Waals surface area contributed by atoms with E-state index in [9.17, 15) is 4.79 Å². The highest BCUT2D eigenvalue weighted by atomic mass is 79.9. The fourth-order valence-corrected chi connectivity index (χ4v) is 2.65. The summed E-state index contributed by atoms with van der Waals surface area (Å²) in [5, 5.41) is 12.0. The maximum atomic E-state index is 10.9. The lowest BCUT2D eigenvalue weighted by Crippen LogP contribution is -1.94. The number of anilines is 2. The Kier molecular flexibility index (Phi) is 3.39. The van der Waals surface area contributed by atoms with Crippen LogP contribution in [0.4, 0.5) is 11.7 Å². The minimum atomic E-state index is -0.995. The number of carboxylic acids is 1. The van der Waals surface area contributed by atoms with Crippen LogP contribution in [0.15, 0.2) is 45.3 Å². The molecule has 2 aromatic carbocycles. The number of aromatic nitrogens is 1. The second kappa shape index (κ2) is 5.21. The number of oxazole rings is 1. The van der Waals surface area contributed by atoms with Crippen molar-refractivity contribution in [3.8, 4) is 0 Å². The zero-order chi connectivity index (χ0) is 15.0. The topological polar surface area (TPSA) is 75.4 Å². The summed E-state index contributed by atoms with van der Waals surface area (Å²) in [5.74, 6) is -0.995. The molecule has 0 unspecified atom stereocenters. The van der Waals surface area contributed by atoms with E-state index in [0.29, 0.717) is 17.1 Å². The fourth-order valence-electron chi connectivity index (χ4n) is 2.04. The van der Waals surface area contributed by atoms with Crippen LogP contribution in [0.25, 0.3) is 11.1 Å². The molecule has 0 fully saturated rings. The number of benzene rings is 2. The molecule has 6 heteroatoms. The van der Waals surface area contributed by atoms with E-state index < -0.39 is 5.97 Å². The standard InChI is InChI=1S/C15H11BrN2O3/c1-8-4-10(16)7-11(5-8)17-15-18-12-3-2-9(14(19)20)6-13(12)21-15/h2-7H,1H3,(H,17,18)(H,19,20). The van der Waals surface area contributed by atoms with Gasteiger partial charge in [-0.1, -0.05) is 15.9 Å². The van der Waals surface area contributed by atoms with E-state index in [1.165, 1.54) is 12.1 Å². The van der Waals surface area contributed by atoms with E-state index in [4.69, 9.17) is 9.52 Å². The smallest absolute Gasteiger partial charge is 0.335 e. The molecule has 0 aliphatic rings. The molecule has 3 rings (SSSR count). The van der Waals surface area contributed by atoms with E-state index in [2.05, 4.69) is 26.2 Å². The third-order valence-electron chi connectivity index (χ3n) is 2.93. The van der Waals surface area contributed by atoms with Crippen LogP contribution in [0.2, 0.25) is 0 Å². The quantitative estimate of drug-likeness (QED) is 0.737. The second-order valence-corrected chi connectivity index (χ2v) is 5.56. The zero-order valence-corrected chi connectivity index (χ0v) is 12.6. The second-order valence-electron chi connectivity index (χ2n) is 4.65. The molecule has 1 aromatic heterocycles. The molecule has 0 bridgehead atoms. The number of nitrogens with one attached hydrogen (secondary N) is 1. The highest BCUT2D eigenvalue weighted by molar-refractivity contribution is 9.10. The highest BCUT2D eigenvalue weighted by Gasteiger charge is 2.10. The summed E-state index contributed by atoms with van der Waals surface area (Å²) in [7, 11) is 0. The predicted molar refractivity (Wildman–Crippen MR) is 83.1 cm³/mol. The summed E-state index contributed by atoms with van der Waals surface area (Å²) >= 11 is 3.43. The van der Waals surface area contributed by atoms with Gasteiger partial charge in [-0.3, -0.25) is 0 Å². The van der Waals surface area contributed by atoms with Crippen molar-refractivity contribution < 1.29 is 14.3 Å². The first-order chi connectivity index (χ1) is 10.0. The average Bonchev–Trinajstić information content (AvgIpc) is 2.78. The molecule has 3 aromatic rings. The van der Waals surface area contributed by atoms with Gasteiger partial charge in [-0.05, 0) is 48.9 Å². The molecule has 0 aliphatic carbocycles. The summed E-state index contributed by atoms with van der Waals surface area (Å²) < 4.78 is 6.49. The Morgan fingerprint density at radius 1 is 1.29 bits per heavy atom. The summed E-state index contributed by atoms with van der Waals surface area (Å²) in [6.07, 6.45) is 0. The third kappa shape index (κ3) is 2.90. The number of hydrogen-bond donors (Lipinski definition) is 2. The van der Waals surface area contributed by atoms with Crippen LogP contribution in [0.5, 0.6) is 0 Å². The molecule has 0 aliphatic heterocycles. The Morgan fingerprint density at radius 3 is 2.81 bits per heavy atom. The number of carboxylic acid groups (broad SMARTS) is 1. The molecular formula is C15H11BrN2O3. The Balaban J connectivity index is 1.95. The number of nitrogens with zero attached hydrogens (tertiary/aromatic N) is 1. The largest absolute Gasteiger partial charge is 0.478 e. The number of hydrogen-bond acceptors (Lipinski definition) is 4. The van der Waals surface area contributed by atoms with Gasteiger partial charge < -0.3 is 14.8 Å². The predicted octanol–water partition coefficient (Wildman–Crippen LogP) is 4.34. The van der Waals surface area contributed by atoms with Gasteiger partial charge in [-0.15, -0.1) is 0 Å². The van der Waals surface area contributed by atoms with Crippen LogP contribution >= 0.6 is 15.9 Å². The van der Waals surface area contributed by atoms with Crippen LogP contribution in [0.3, 0.4) is 0 Å². The molecule has 0 atom stereocenters. The van der Waals surface area contributed by atoms with Crippen LogP contribution < -0.4 is 5.32 Å².